The fourth-order valence-corrected chi connectivity index (χ4v) is 3.97. The van der Waals surface area contributed by atoms with E-state index in [1.807, 2.05) is 6.07 Å². The Hall–Kier alpha value is -2.01. The molecule has 3 atom stereocenters. The molecule has 0 fully saturated rings. The largest absolute Gasteiger partial charge is 0.461 e. The number of anilines is 1. The van der Waals surface area contributed by atoms with Crippen LogP contribution < -0.4 is 9.64 Å². The van der Waals surface area contributed by atoms with E-state index in [0.29, 0.717) is 0 Å². The molecule has 28 heavy (non-hydrogen) atoms. The smallest absolute Gasteiger partial charge is 0.132 e. The van der Waals surface area contributed by atoms with Crippen LogP contribution in [-0.2, 0) is 16.8 Å². The van der Waals surface area contributed by atoms with Gasteiger partial charge in [-0.15, -0.1) is 0 Å². The molecule has 2 aromatic carbocycles. The van der Waals surface area contributed by atoms with Crippen LogP contribution >= 0.6 is 0 Å². The molecule has 1 heterocycles. The second-order valence-electron chi connectivity index (χ2n) is 7.95. The Bertz CT molecular complexity index is 917. The van der Waals surface area contributed by atoms with Gasteiger partial charge in [0.2, 0.25) is 0 Å². The summed E-state index contributed by atoms with van der Waals surface area (Å²) in [6.07, 6.45) is 6.84. The van der Waals surface area contributed by atoms with Gasteiger partial charge in [-0.25, -0.2) is 0 Å². The number of allylic oxidation sites excluding steroid dienone is 1. The molecule has 2 aromatic rings. The first-order chi connectivity index (χ1) is 12.9. The third-order valence-electron chi connectivity index (χ3n) is 5.53. The van der Waals surface area contributed by atoms with Crippen molar-refractivity contribution in [3.8, 4) is 5.75 Å². The van der Waals surface area contributed by atoms with Gasteiger partial charge in [0.25, 0.3) is 0 Å². The fourth-order valence-electron chi connectivity index (χ4n) is 3.97. The molecule has 149 valence electrons. The van der Waals surface area contributed by atoms with Gasteiger partial charge in [0, 0.05) is 66.1 Å². The van der Waals surface area contributed by atoms with Crippen molar-refractivity contribution in [2.75, 3.05) is 33.1 Å². The van der Waals surface area contributed by atoms with Crippen molar-refractivity contribution < 1.29 is 21.5 Å². The molecule has 0 amide bonds. The topological polar surface area (TPSA) is 15.7 Å². The van der Waals surface area contributed by atoms with Gasteiger partial charge in [0.15, 0.2) is 0 Å². The zero-order valence-electron chi connectivity index (χ0n) is 17.1. The summed E-state index contributed by atoms with van der Waals surface area (Å²) in [5.74, 6) is 2.42. The van der Waals surface area contributed by atoms with Crippen LogP contribution in [0.15, 0.2) is 60.4 Å². The third-order valence-corrected chi connectivity index (χ3v) is 5.53. The summed E-state index contributed by atoms with van der Waals surface area (Å²) in [6.45, 7) is 2.14. The molecule has 0 N–H and O–H groups in total. The van der Waals surface area contributed by atoms with Crippen LogP contribution in [0.4, 0.5) is 5.69 Å². The molecule has 0 saturated heterocycles. The maximum absolute atomic E-state index is 6.43. The van der Waals surface area contributed by atoms with Crippen LogP contribution in [0.1, 0.15) is 22.6 Å². The molecule has 1 radical (unpaired) electrons. The zero-order valence-corrected chi connectivity index (χ0v) is 18.1. The summed E-state index contributed by atoms with van der Waals surface area (Å²) in [6, 6.07) is 16.7. The normalized spacial score (nSPS) is 22.5. The van der Waals surface area contributed by atoms with E-state index in [2.05, 4.69) is 99.5 Å². The molecular formula is C24H27CoN2O-. The monoisotopic (exact) mass is 418 g/mol. The maximum atomic E-state index is 6.43. The van der Waals surface area contributed by atoms with Crippen LogP contribution in [0.2, 0.25) is 0 Å². The minimum Gasteiger partial charge on any atom is -0.461 e. The third kappa shape index (κ3) is 3.77. The summed E-state index contributed by atoms with van der Waals surface area (Å²) < 4.78 is 6.43. The second kappa shape index (κ2) is 8.15. The van der Waals surface area contributed by atoms with E-state index in [1.54, 1.807) is 0 Å². The van der Waals surface area contributed by atoms with Gasteiger partial charge in [-0.1, -0.05) is 25.1 Å². The molecular weight excluding hydrogens is 391 g/mol. The predicted molar refractivity (Wildman–Crippen MR) is 111 cm³/mol. The molecule has 2 aliphatic rings. The Morgan fingerprint density at radius 1 is 1.00 bits per heavy atom. The first kappa shape index (κ1) is 20.7. The molecule has 4 heteroatoms. The van der Waals surface area contributed by atoms with Gasteiger partial charge < -0.3 is 9.64 Å². The fraction of sp³-hybridized carbons (Fsp3) is 0.333. The Morgan fingerprint density at radius 3 is 2.46 bits per heavy atom. The minimum absolute atomic E-state index is 0. The van der Waals surface area contributed by atoms with E-state index in [-0.39, 0.29) is 34.7 Å². The second-order valence-corrected chi connectivity index (χ2v) is 7.95. The number of hydrogen-bond donors (Lipinski definition) is 0. The molecule has 1 aliphatic carbocycles. The van der Waals surface area contributed by atoms with Crippen molar-refractivity contribution in [2.24, 2.45) is 5.92 Å². The van der Waals surface area contributed by atoms with Gasteiger partial charge in [-0.05, 0) is 26.2 Å². The first-order valence-corrected chi connectivity index (χ1v) is 9.48. The van der Waals surface area contributed by atoms with Crippen LogP contribution in [0.25, 0.3) is 0 Å². The van der Waals surface area contributed by atoms with Crippen LogP contribution in [-0.4, -0.2) is 39.1 Å². The first-order valence-electron chi connectivity index (χ1n) is 9.48. The number of ether oxygens (including phenoxy) is 1. The van der Waals surface area contributed by atoms with Gasteiger partial charge >= 0.3 is 0 Å². The summed E-state index contributed by atoms with van der Waals surface area (Å²) in [5, 5.41) is 0. The van der Waals surface area contributed by atoms with E-state index >= 15 is 0 Å². The number of aryl methyl sites for hydroxylation is 1. The Kier molecular flexibility index (Phi) is 6.03. The summed E-state index contributed by atoms with van der Waals surface area (Å²) >= 11 is 0. The molecule has 3 unspecified atom stereocenters. The number of rotatable bonds is 3. The molecule has 0 saturated carbocycles. The number of hydrogen-bond acceptors (Lipinski definition) is 3. The standard InChI is InChI=1S/C24H27N2O.Co/c1-16-7-6-8-17(13-16)24-20-11-9-18(25(2)3)14-22(20)27-23-15-19(26(4)5)10-12-21(23)24;/h6-7,9-15,18,20,24H,1-5H3;/q-1;. The Labute approximate surface area is 178 Å². The minimum atomic E-state index is 0. The average Bonchev–Trinajstić information content (AvgIpc) is 2.64. The van der Waals surface area contributed by atoms with E-state index in [4.69, 9.17) is 4.74 Å². The van der Waals surface area contributed by atoms with Crippen molar-refractivity contribution in [3.63, 3.8) is 0 Å². The summed E-state index contributed by atoms with van der Waals surface area (Å²) in [5.41, 5.74) is 4.87. The van der Waals surface area contributed by atoms with Gasteiger partial charge in [-0.3, -0.25) is 4.90 Å². The Morgan fingerprint density at radius 2 is 1.79 bits per heavy atom. The Balaban J connectivity index is 0.00000225. The molecule has 3 nitrogen and oxygen atoms in total. The van der Waals surface area contributed by atoms with E-state index in [1.165, 1.54) is 16.7 Å². The zero-order chi connectivity index (χ0) is 19.1. The quantitative estimate of drug-likeness (QED) is 0.544. The van der Waals surface area contributed by atoms with Gasteiger partial charge in [0.05, 0.1) is 0 Å². The van der Waals surface area contributed by atoms with E-state index < -0.39 is 0 Å². The molecule has 1 aliphatic heterocycles. The molecule has 0 bridgehead atoms. The van der Waals surface area contributed by atoms with Crippen LogP contribution in [0.5, 0.6) is 5.75 Å². The van der Waals surface area contributed by atoms with Crippen molar-refractivity contribution in [1.82, 2.24) is 4.90 Å². The number of likely N-dealkylation sites (N-methyl/N-ethyl adjacent to an activating group) is 1. The average molecular weight is 418 g/mol. The van der Waals surface area contributed by atoms with Crippen molar-refractivity contribution in [2.45, 2.75) is 18.9 Å². The number of nitrogens with zero attached hydrogens (tertiary/aromatic N) is 2. The summed E-state index contributed by atoms with van der Waals surface area (Å²) in [7, 11) is 8.31. The molecule has 0 spiro atoms. The van der Waals surface area contributed by atoms with E-state index in [9.17, 15) is 0 Å². The molecule has 0 aromatic heterocycles. The SMILES string of the molecule is Cc1cc[c-]c(C2c3ccc(N(C)C)cc3OC3=CC(N(C)C)C=CC32)c1.[Co]. The van der Waals surface area contributed by atoms with Crippen LogP contribution in [0.3, 0.4) is 0 Å². The number of fused-ring (bicyclic) bond motifs is 2. The van der Waals surface area contributed by atoms with Gasteiger partial charge in [-0.2, -0.15) is 35.4 Å². The van der Waals surface area contributed by atoms with Crippen molar-refractivity contribution in [1.29, 1.82) is 0 Å². The van der Waals surface area contributed by atoms with E-state index in [0.717, 1.165) is 17.2 Å². The number of benzene rings is 2. The van der Waals surface area contributed by atoms with Crippen molar-refractivity contribution in [3.05, 3.63) is 83.1 Å². The van der Waals surface area contributed by atoms with Gasteiger partial charge in [0.1, 0.15) is 11.5 Å². The summed E-state index contributed by atoms with van der Waals surface area (Å²) in [4.78, 5) is 4.31. The predicted octanol–water partition coefficient (Wildman–Crippen LogP) is 4.38. The molecule has 4 rings (SSSR count). The van der Waals surface area contributed by atoms with Crippen molar-refractivity contribution >= 4 is 5.69 Å². The maximum Gasteiger partial charge on any atom is 0.132 e. The van der Waals surface area contributed by atoms with Crippen LogP contribution in [0, 0.1) is 18.9 Å².